The molecule has 0 bridgehead atoms. The third-order valence-corrected chi connectivity index (χ3v) is 8.26. The molecule has 45 heavy (non-hydrogen) atoms. The number of guanidine groups is 1. The van der Waals surface area contributed by atoms with E-state index >= 15 is 0 Å². The maximum Gasteiger partial charge on any atom is 0.257 e. The summed E-state index contributed by atoms with van der Waals surface area (Å²) in [4.78, 5) is 25.9. The molecule has 0 aliphatic carbocycles. The lowest BCUT2D eigenvalue weighted by Crippen LogP contribution is -2.49. The summed E-state index contributed by atoms with van der Waals surface area (Å²) < 4.78 is 29.4. The number of aromatic nitrogens is 2. The highest BCUT2D eigenvalue weighted by atomic mass is 35.5. The molecule has 0 unspecified atom stereocenters. The van der Waals surface area contributed by atoms with E-state index in [-0.39, 0.29) is 17.4 Å². The minimum atomic E-state index is -0.692. The summed E-state index contributed by atoms with van der Waals surface area (Å²) in [7, 11) is 4.12. The zero-order valence-electron chi connectivity index (χ0n) is 24.7. The Morgan fingerprint density at radius 3 is 2.49 bits per heavy atom. The van der Waals surface area contributed by atoms with Gasteiger partial charge in [0, 0.05) is 46.8 Å². The molecule has 9 nitrogen and oxygen atoms in total. The van der Waals surface area contributed by atoms with Crippen molar-refractivity contribution in [2.75, 3.05) is 37.8 Å². The van der Waals surface area contributed by atoms with Gasteiger partial charge in [-0.1, -0.05) is 17.7 Å². The molecule has 0 saturated carbocycles. The van der Waals surface area contributed by atoms with Gasteiger partial charge in [0.2, 0.25) is 5.95 Å². The van der Waals surface area contributed by atoms with Crippen LogP contribution < -0.4 is 26.4 Å². The number of carbonyl (C=O) groups excluding carboxylic acids is 1. The molecular formula is C33H31ClF2N8O. The molecule has 1 fully saturated rings. The van der Waals surface area contributed by atoms with E-state index in [1.807, 2.05) is 4.90 Å². The van der Waals surface area contributed by atoms with Gasteiger partial charge >= 0.3 is 0 Å². The van der Waals surface area contributed by atoms with Crippen LogP contribution in [0.15, 0.2) is 60.8 Å². The van der Waals surface area contributed by atoms with Crippen LogP contribution in [0.4, 0.5) is 26.1 Å². The summed E-state index contributed by atoms with van der Waals surface area (Å²) in [5, 5.41) is 18.8. The van der Waals surface area contributed by atoms with Crippen molar-refractivity contribution >= 4 is 53.1 Å². The first kappa shape index (κ1) is 30.2. The summed E-state index contributed by atoms with van der Waals surface area (Å²) in [5.74, 6) is -1.33. The summed E-state index contributed by atoms with van der Waals surface area (Å²) in [6.07, 6.45) is 6.91. The largest absolute Gasteiger partial charge is 0.358 e. The molecule has 1 amide bonds. The van der Waals surface area contributed by atoms with Crippen LogP contribution in [-0.2, 0) is 0 Å². The van der Waals surface area contributed by atoms with Crippen molar-refractivity contribution in [3.63, 3.8) is 0 Å². The van der Waals surface area contributed by atoms with Crippen LogP contribution in [0.2, 0.25) is 5.02 Å². The van der Waals surface area contributed by atoms with Gasteiger partial charge in [0.05, 0.1) is 23.1 Å². The Balaban J connectivity index is 1.18. The molecule has 4 aromatic rings. The molecule has 230 valence electrons. The van der Waals surface area contributed by atoms with E-state index in [1.54, 1.807) is 48.8 Å². The zero-order valence-corrected chi connectivity index (χ0v) is 25.4. The van der Waals surface area contributed by atoms with Crippen LogP contribution in [-0.4, -0.2) is 64.9 Å². The molecule has 1 saturated heterocycles. The summed E-state index contributed by atoms with van der Waals surface area (Å²) in [5.41, 5.74) is 2.34. The monoisotopic (exact) mass is 628 g/mol. The Hall–Kier alpha value is -4.87. The van der Waals surface area contributed by atoms with Crippen molar-refractivity contribution in [3.8, 4) is 11.1 Å². The lowest BCUT2D eigenvalue weighted by molar-refractivity contribution is 0.0968. The van der Waals surface area contributed by atoms with Crippen molar-refractivity contribution in [2.24, 2.45) is 0 Å². The molecule has 6 rings (SSSR count). The van der Waals surface area contributed by atoms with Gasteiger partial charge in [-0.15, -0.1) is 0 Å². The van der Waals surface area contributed by atoms with Gasteiger partial charge in [-0.2, -0.15) is 0 Å². The molecule has 4 N–H and O–H groups in total. The van der Waals surface area contributed by atoms with E-state index in [4.69, 9.17) is 17.0 Å². The summed E-state index contributed by atoms with van der Waals surface area (Å²) in [6, 6.07) is 14.2. The van der Waals surface area contributed by atoms with E-state index < -0.39 is 11.6 Å². The number of nitrogens with one attached hydrogen (secondary N) is 4. The molecule has 0 spiro atoms. The normalized spacial score (nSPS) is 14.3. The van der Waals surface area contributed by atoms with Crippen molar-refractivity contribution in [1.82, 2.24) is 25.1 Å². The fourth-order valence-electron chi connectivity index (χ4n) is 5.55. The standard InChI is InChI=1S/C33H31ClF2N8O/c1-43(2)23-10-12-44(13-11-23)32(37)42-31(45)19-6-8-22(9-7-19)40-33-39-18-29-28(41-33)15-20-14-21(34)16-24(25(20)17-38-29)30-26(35)4-3-5-27(30)36/h3-9,14-18,23,38H,10-13H2,1-2H3,(H2,37,42,45)(H,39,40,41). The van der Waals surface area contributed by atoms with E-state index in [0.29, 0.717) is 55.6 Å². The molecule has 2 aliphatic heterocycles. The van der Waals surface area contributed by atoms with E-state index in [0.717, 1.165) is 25.9 Å². The fourth-order valence-corrected chi connectivity index (χ4v) is 5.78. The average Bonchev–Trinajstić information content (AvgIpc) is 3.20. The number of likely N-dealkylation sites (tertiary alicyclic amines) is 1. The number of nitrogens with zero attached hydrogens (tertiary/aromatic N) is 4. The molecule has 12 heteroatoms. The van der Waals surface area contributed by atoms with E-state index in [2.05, 4.69) is 44.9 Å². The number of hydrogen-bond acceptors (Lipinski definition) is 7. The number of halogens is 3. The molecule has 3 heterocycles. The summed E-state index contributed by atoms with van der Waals surface area (Å²) >= 11 is 6.38. The van der Waals surface area contributed by atoms with Crippen LogP contribution >= 0.6 is 11.6 Å². The first-order valence-electron chi connectivity index (χ1n) is 14.4. The predicted octanol–water partition coefficient (Wildman–Crippen LogP) is 4.50. The second-order valence-electron chi connectivity index (χ2n) is 11.2. The van der Waals surface area contributed by atoms with Crippen molar-refractivity contribution in [1.29, 1.82) is 5.41 Å². The minimum Gasteiger partial charge on any atom is -0.358 e. The molecule has 3 aromatic carbocycles. The number of fused-ring (bicyclic) bond motifs is 2. The van der Waals surface area contributed by atoms with Crippen molar-refractivity contribution in [3.05, 3.63) is 99.1 Å². The maximum absolute atomic E-state index is 14.7. The van der Waals surface area contributed by atoms with Crippen LogP contribution in [0.5, 0.6) is 0 Å². The second-order valence-corrected chi connectivity index (χ2v) is 11.6. The third-order valence-electron chi connectivity index (χ3n) is 8.04. The van der Waals surface area contributed by atoms with Gasteiger partial charge in [0.1, 0.15) is 11.6 Å². The Kier molecular flexibility index (Phi) is 8.46. The first-order chi connectivity index (χ1) is 21.7. The smallest absolute Gasteiger partial charge is 0.257 e. The van der Waals surface area contributed by atoms with Gasteiger partial charge in [-0.05, 0) is 92.3 Å². The first-order valence-corrected chi connectivity index (χ1v) is 14.8. The van der Waals surface area contributed by atoms with Gasteiger partial charge in [0.25, 0.3) is 5.91 Å². The second kappa shape index (κ2) is 12.6. The van der Waals surface area contributed by atoms with Crippen LogP contribution in [0.25, 0.3) is 23.4 Å². The Morgan fingerprint density at radius 1 is 1.09 bits per heavy atom. The van der Waals surface area contributed by atoms with Crippen LogP contribution in [0, 0.1) is 17.0 Å². The Bertz CT molecular complexity index is 1890. The number of benzene rings is 3. The highest BCUT2D eigenvalue weighted by Crippen LogP contribution is 2.26. The molecule has 0 atom stereocenters. The van der Waals surface area contributed by atoms with Gasteiger partial charge in [-0.25, -0.2) is 18.7 Å². The van der Waals surface area contributed by atoms with Gasteiger partial charge < -0.3 is 20.4 Å². The maximum atomic E-state index is 14.7. The molecule has 0 radical (unpaired) electrons. The van der Waals surface area contributed by atoms with Crippen LogP contribution in [0.3, 0.4) is 0 Å². The van der Waals surface area contributed by atoms with Gasteiger partial charge in [0.15, 0.2) is 5.96 Å². The Labute approximate surface area is 263 Å². The quantitative estimate of drug-likeness (QED) is 0.190. The molecule has 1 aromatic heterocycles. The summed E-state index contributed by atoms with van der Waals surface area (Å²) in [6.45, 7) is 1.45. The highest BCUT2D eigenvalue weighted by Gasteiger charge is 2.23. The average molecular weight is 629 g/mol. The lowest BCUT2D eigenvalue weighted by Gasteiger charge is -2.36. The number of amides is 1. The van der Waals surface area contributed by atoms with Crippen molar-refractivity contribution < 1.29 is 13.6 Å². The topological polar surface area (TPSA) is 109 Å². The predicted molar refractivity (Wildman–Crippen MR) is 173 cm³/mol. The highest BCUT2D eigenvalue weighted by molar-refractivity contribution is 6.30. The SMILES string of the molecule is CN(C)C1CCN(C(=N)NC(=O)c2ccc(Nc3ncc4c(n3)C=c3cc(Cl)cc(-c5c(F)cccc5F)c3=CN4)cc2)CC1. The lowest BCUT2D eigenvalue weighted by atomic mass is 10.0. The number of anilines is 3. The number of carbonyl (C=O) groups is 1. The fraction of sp³-hybridized carbons (Fsp3) is 0.212. The number of rotatable bonds is 5. The minimum absolute atomic E-state index is 0.105. The van der Waals surface area contributed by atoms with E-state index in [9.17, 15) is 13.6 Å². The number of piperidine rings is 1. The zero-order chi connectivity index (χ0) is 31.7. The van der Waals surface area contributed by atoms with Crippen LogP contribution in [0.1, 0.15) is 28.9 Å². The van der Waals surface area contributed by atoms with Crippen molar-refractivity contribution in [2.45, 2.75) is 18.9 Å². The third kappa shape index (κ3) is 6.50. The molecular weight excluding hydrogens is 598 g/mol. The Morgan fingerprint density at radius 2 is 1.80 bits per heavy atom. The van der Waals surface area contributed by atoms with E-state index in [1.165, 1.54) is 24.3 Å². The molecule has 2 aliphatic rings. The van der Waals surface area contributed by atoms with Gasteiger partial charge in [-0.3, -0.25) is 15.5 Å². The number of hydrogen-bond donors (Lipinski definition) is 4.